The number of amides is 1. The molecule has 1 saturated carbocycles. The Morgan fingerprint density at radius 2 is 2.24 bits per heavy atom. The Labute approximate surface area is 131 Å². The number of rotatable bonds is 4. The van der Waals surface area contributed by atoms with Gasteiger partial charge in [-0.2, -0.15) is 0 Å². The van der Waals surface area contributed by atoms with Crippen molar-refractivity contribution in [3.8, 4) is 0 Å². The van der Waals surface area contributed by atoms with E-state index in [0.29, 0.717) is 11.7 Å². The zero-order chi connectivity index (χ0) is 15.1. The largest absolute Gasteiger partial charge is 0.361 e. The SMILES string of the molecule is Cc1noc(C)c1C(C)NC(=O)c1cc(Br)cn1C1CC1. The molecule has 3 rings (SSSR count). The molecule has 6 heteroatoms. The number of nitrogens with zero attached hydrogens (tertiary/aromatic N) is 2. The molecule has 5 nitrogen and oxygen atoms in total. The zero-order valence-electron chi connectivity index (χ0n) is 12.3. The van der Waals surface area contributed by atoms with Crippen LogP contribution in [0.1, 0.15) is 59.4 Å². The predicted octanol–water partition coefficient (Wildman–Crippen LogP) is 3.68. The Hall–Kier alpha value is -1.56. The fraction of sp³-hybridized carbons (Fsp3) is 0.467. The van der Waals surface area contributed by atoms with Gasteiger partial charge in [0.25, 0.3) is 5.91 Å². The van der Waals surface area contributed by atoms with E-state index in [-0.39, 0.29) is 11.9 Å². The third-order valence-corrected chi connectivity index (χ3v) is 4.29. The smallest absolute Gasteiger partial charge is 0.268 e. The van der Waals surface area contributed by atoms with Crippen LogP contribution in [-0.2, 0) is 0 Å². The fourth-order valence-corrected chi connectivity index (χ4v) is 3.17. The minimum Gasteiger partial charge on any atom is -0.361 e. The van der Waals surface area contributed by atoms with E-state index in [1.165, 1.54) is 0 Å². The average Bonchev–Trinajstić information content (AvgIpc) is 3.11. The molecule has 2 aromatic heterocycles. The first-order valence-electron chi connectivity index (χ1n) is 7.08. The molecule has 0 saturated heterocycles. The summed E-state index contributed by atoms with van der Waals surface area (Å²) in [7, 11) is 0. The molecule has 2 heterocycles. The zero-order valence-corrected chi connectivity index (χ0v) is 13.9. The lowest BCUT2D eigenvalue weighted by molar-refractivity contribution is 0.0930. The summed E-state index contributed by atoms with van der Waals surface area (Å²) in [5.41, 5.74) is 2.47. The molecule has 1 atom stereocenters. The molecule has 1 unspecified atom stereocenters. The summed E-state index contributed by atoms with van der Waals surface area (Å²) in [6, 6.07) is 2.20. The van der Waals surface area contributed by atoms with Gasteiger partial charge in [0.1, 0.15) is 11.5 Å². The second-order valence-electron chi connectivity index (χ2n) is 5.62. The van der Waals surface area contributed by atoms with Crippen molar-refractivity contribution in [2.24, 2.45) is 0 Å². The average molecular weight is 352 g/mol. The van der Waals surface area contributed by atoms with Crippen molar-refractivity contribution >= 4 is 21.8 Å². The molecule has 1 fully saturated rings. The first kappa shape index (κ1) is 14.4. The van der Waals surface area contributed by atoms with E-state index in [1.54, 1.807) is 0 Å². The van der Waals surface area contributed by atoms with Gasteiger partial charge in [0, 0.05) is 22.3 Å². The van der Waals surface area contributed by atoms with Crippen molar-refractivity contribution in [3.63, 3.8) is 0 Å². The highest BCUT2D eigenvalue weighted by molar-refractivity contribution is 9.10. The quantitative estimate of drug-likeness (QED) is 0.913. The summed E-state index contributed by atoms with van der Waals surface area (Å²) < 4.78 is 8.16. The Kier molecular flexibility index (Phi) is 3.65. The van der Waals surface area contributed by atoms with Gasteiger partial charge in [0.15, 0.2) is 0 Å². The van der Waals surface area contributed by atoms with Crippen LogP contribution in [0.2, 0.25) is 0 Å². The van der Waals surface area contributed by atoms with Crippen molar-refractivity contribution in [3.05, 3.63) is 39.4 Å². The molecule has 1 amide bonds. The Morgan fingerprint density at radius 3 is 2.81 bits per heavy atom. The number of carbonyl (C=O) groups is 1. The van der Waals surface area contributed by atoms with Crippen LogP contribution in [0.5, 0.6) is 0 Å². The topological polar surface area (TPSA) is 60.1 Å². The monoisotopic (exact) mass is 351 g/mol. The summed E-state index contributed by atoms with van der Waals surface area (Å²) in [5.74, 6) is 0.680. The second-order valence-corrected chi connectivity index (χ2v) is 6.53. The fourth-order valence-electron chi connectivity index (χ4n) is 2.73. The number of nitrogens with one attached hydrogen (secondary N) is 1. The van der Waals surface area contributed by atoms with Crippen molar-refractivity contribution in [1.29, 1.82) is 0 Å². The molecule has 2 aromatic rings. The van der Waals surface area contributed by atoms with E-state index in [1.807, 2.05) is 33.0 Å². The summed E-state index contributed by atoms with van der Waals surface area (Å²) in [5, 5.41) is 6.97. The van der Waals surface area contributed by atoms with E-state index in [0.717, 1.165) is 34.3 Å². The van der Waals surface area contributed by atoms with Gasteiger partial charge in [0.05, 0.1) is 11.7 Å². The maximum Gasteiger partial charge on any atom is 0.268 e. The van der Waals surface area contributed by atoms with Crippen LogP contribution >= 0.6 is 15.9 Å². The number of carbonyl (C=O) groups excluding carboxylic acids is 1. The highest BCUT2D eigenvalue weighted by atomic mass is 79.9. The lowest BCUT2D eigenvalue weighted by atomic mass is 10.1. The van der Waals surface area contributed by atoms with Gasteiger partial charge in [-0.25, -0.2) is 0 Å². The standard InChI is InChI=1S/C15H18BrN3O2/c1-8(14-9(2)18-21-10(14)3)17-15(20)13-6-11(16)7-19(13)12-4-5-12/h6-8,12H,4-5H2,1-3H3,(H,17,20). The minimum absolute atomic E-state index is 0.0694. The molecular weight excluding hydrogens is 334 g/mol. The van der Waals surface area contributed by atoms with E-state index >= 15 is 0 Å². The molecule has 0 aromatic carbocycles. The van der Waals surface area contributed by atoms with Crippen LogP contribution in [0.4, 0.5) is 0 Å². The van der Waals surface area contributed by atoms with Crippen molar-refractivity contribution < 1.29 is 9.32 Å². The first-order chi connectivity index (χ1) is 9.97. The van der Waals surface area contributed by atoms with E-state index in [9.17, 15) is 4.79 Å². The first-order valence-corrected chi connectivity index (χ1v) is 7.87. The van der Waals surface area contributed by atoms with Crippen LogP contribution in [0.3, 0.4) is 0 Å². The van der Waals surface area contributed by atoms with E-state index < -0.39 is 0 Å². The second kappa shape index (κ2) is 5.33. The Balaban J connectivity index is 1.80. The highest BCUT2D eigenvalue weighted by Gasteiger charge is 2.28. The maximum absolute atomic E-state index is 12.5. The Morgan fingerprint density at radius 1 is 1.52 bits per heavy atom. The third-order valence-electron chi connectivity index (χ3n) is 3.86. The lowest BCUT2D eigenvalue weighted by Crippen LogP contribution is -2.29. The van der Waals surface area contributed by atoms with Crippen molar-refractivity contribution in [2.75, 3.05) is 0 Å². The van der Waals surface area contributed by atoms with Crippen molar-refractivity contribution in [1.82, 2.24) is 15.0 Å². The van der Waals surface area contributed by atoms with E-state index in [4.69, 9.17) is 4.52 Å². The minimum atomic E-state index is -0.134. The summed E-state index contributed by atoms with van der Waals surface area (Å²) in [6.07, 6.45) is 4.26. The van der Waals surface area contributed by atoms with Gasteiger partial charge in [-0.1, -0.05) is 5.16 Å². The molecule has 1 aliphatic rings. The number of aromatic nitrogens is 2. The van der Waals surface area contributed by atoms with E-state index in [2.05, 4.69) is 31.0 Å². The van der Waals surface area contributed by atoms with Gasteiger partial charge in [-0.05, 0) is 55.6 Å². The van der Waals surface area contributed by atoms with Gasteiger partial charge < -0.3 is 14.4 Å². The number of hydrogen-bond acceptors (Lipinski definition) is 3. The van der Waals surface area contributed by atoms with Crippen LogP contribution in [0.25, 0.3) is 0 Å². The molecule has 1 N–H and O–H groups in total. The number of aryl methyl sites for hydroxylation is 2. The molecule has 0 spiro atoms. The van der Waals surface area contributed by atoms with Crippen molar-refractivity contribution in [2.45, 2.75) is 45.7 Å². The molecular formula is C15H18BrN3O2. The maximum atomic E-state index is 12.5. The lowest BCUT2D eigenvalue weighted by Gasteiger charge is -2.15. The van der Waals surface area contributed by atoms with Gasteiger partial charge in [-0.15, -0.1) is 0 Å². The summed E-state index contributed by atoms with van der Waals surface area (Å²) >= 11 is 3.45. The summed E-state index contributed by atoms with van der Waals surface area (Å²) in [6.45, 7) is 5.70. The normalized spacial score (nSPS) is 16.0. The molecule has 1 aliphatic carbocycles. The van der Waals surface area contributed by atoms with Crippen LogP contribution in [-0.4, -0.2) is 15.6 Å². The van der Waals surface area contributed by atoms with Gasteiger partial charge >= 0.3 is 0 Å². The van der Waals surface area contributed by atoms with Crippen LogP contribution in [0.15, 0.2) is 21.3 Å². The van der Waals surface area contributed by atoms with Crippen LogP contribution < -0.4 is 5.32 Å². The molecule has 112 valence electrons. The molecule has 0 aliphatic heterocycles. The third kappa shape index (κ3) is 2.77. The van der Waals surface area contributed by atoms with Crippen LogP contribution in [0, 0.1) is 13.8 Å². The number of halogens is 1. The summed E-state index contributed by atoms with van der Waals surface area (Å²) in [4.78, 5) is 12.5. The molecule has 0 bridgehead atoms. The predicted molar refractivity (Wildman–Crippen MR) is 82.3 cm³/mol. The van der Waals surface area contributed by atoms with Gasteiger partial charge in [-0.3, -0.25) is 4.79 Å². The highest BCUT2D eigenvalue weighted by Crippen LogP contribution is 2.37. The number of hydrogen-bond donors (Lipinski definition) is 1. The van der Waals surface area contributed by atoms with Gasteiger partial charge in [0.2, 0.25) is 0 Å². The molecule has 0 radical (unpaired) electrons. The Bertz CT molecular complexity index is 666. The molecule has 21 heavy (non-hydrogen) atoms.